The summed E-state index contributed by atoms with van der Waals surface area (Å²) >= 11 is 0. The zero-order chi connectivity index (χ0) is 12.8. The Bertz CT molecular complexity index is 210. The van der Waals surface area contributed by atoms with Gasteiger partial charge >= 0.3 is 0 Å². The normalized spacial score (nSPS) is 13.9. The Hall–Kier alpha value is -0.570. The number of carbonyl (C=O) groups is 1. The van der Waals surface area contributed by atoms with Crippen molar-refractivity contribution in [2.75, 3.05) is 6.54 Å². The second-order valence-corrected chi connectivity index (χ2v) is 5.27. The van der Waals surface area contributed by atoms with Gasteiger partial charge in [-0.15, -0.1) is 0 Å². The summed E-state index contributed by atoms with van der Waals surface area (Å²) in [6, 6.07) is -0.122. The highest BCUT2D eigenvalue weighted by Gasteiger charge is 2.24. The molecule has 0 aliphatic carbocycles. The Kier molecular flexibility index (Phi) is 6.65. The van der Waals surface area contributed by atoms with Crippen LogP contribution in [0.4, 0.5) is 0 Å². The van der Waals surface area contributed by atoms with Gasteiger partial charge in [0.1, 0.15) is 0 Å². The van der Waals surface area contributed by atoms with Gasteiger partial charge in [0.15, 0.2) is 0 Å². The van der Waals surface area contributed by atoms with E-state index >= 15 is 0 Å². The average molecular weight is 228 g/mol. The number of hydrogen-bond donors (Lipinski definition) is 2. The summed E-state index contributed by atoms with van der Waals surface area (Å²) in [5.41, 5.74) is 0.0641. The fraction of sp³-hybridized carbons (Fsp3) is 0.923. The molecule has 0 rings (SSSR count). The molecule has 96 valence electrons. The van der Waals surface area contributed by atoms with Crippen molar-refractivity contribution in [2.24, 2.45) is 5.92 Å². The van der Waals surface area contributed by atoms with Crippen LogP contribution < -0.4 is 10.6 Å². The predicted octanol–water partition coefficient (Wildman–Crippen LogP) is 2.32. The molecule has 0 aliphatic heterocycles. The summed E-state index contributed by atoms with van der Waals surface area (Å²) in [6.07, 6.45) is 2.07. The van der Waals surface area contributed by atoms with E-state index in [1.54, 1.807) is 0 Å². The van der Waals surface area contributed by atoms with Crippen LogP contribution in [0.2, 0.25) is 0 Å². The van der Waals surface area contributed by atoms with Crippen molar-refractivity contribution in [3.8, 4) is 0 Å². The Morgan fingerprint density at radius 1 is 1.19 bits per heavy atom. The van der Waals surface area contributed by atoms with Gasteiger partial charge < -0.3 is 10.6 Å². The summed E-state index contributed by atoms with van der Waals surface area (Å²) in [5, 5.41) is 6.36. The summed E-state index contributed by atoms with van der Waals surface area (Å²) in [7, 11) is 0. The third kappa shape index (κ3) is 5.50. The lowest BCUT2D eigenvalue weighted by Gasteiger charge is -2.31. The zero-order valence-corrected chi connectivity index (χ0v) is 11.7. The first-order chi connectivity index (χ1) is 7.34. The molecule has 2 N–H and O–H groups in total. The average Bonchev–Trinajstić information content (AvgIpc) is 2.25. The Balaban J connectivity index is 4.13. The minimum Gasteiger partial charge on any atom is -0.354 e. The Morgan fingerprint density at radius 3 is 2.06 bits per heavy atom. The van der Waals surface area contributed by atoms with Crippen LogP contribution in [0, 0.1) is 5.92 Å². The molecule has 0 saturated heterocycles. The number of rotatable bonds is 7. The van der Waals surface area contributed by atoms with Gasteiger partial charge in [-0.3, -0.25) is 4.79 Å². The van der Waals surface area contributed by atoms with E-state index in [1.165, 1.54) is 0 Å². The predicted molar refractivity (Wildman–Crippen MR) is 69.4 cm³/mol. The standard InChI is InChI=1S/C13H28N2O/c1-7-13(6,8-2)15-11(5)12(16)14-9-10(3)4/h10-11,15H,7-9H2,1-6H3,(H,14,16). The molecule has 1 amide bonds. The third-order valence-electron chi connectivity index (χ3n) is 3.20. The largest absolute Gasteiger partial charge is 0.354 e. The van der Waals surface area contributed by atoms with Crippen molar-refractivity contribution in [2.45, 2.75) is 66.0 Å². The first kappa shape index (κ1) is 15.4. The van der Waals surface area contributed by atoms with Crippen molar-refractivity contribution < 1.29 is 4.79 Å². The first-order valence-electron chi connectivity index (χ1n) is 6.40. The minimum atomic E-state index is -0.122. The molecular formula is C13H28N2O. The van der Waals surface area contributed by atoms with E-state index in [0.717, 1.165) is 19.4 Å². The molecule has 3 heteroatoms. The molecule has 0 aromatic rings. The van der Waals surface area contributed by atoms with E-state index in [9.17, 15) is 4.79 Å². The Morgan fingerprint density at radius 2 is 1.69 bits per heavy atom. The number of amides is 1. The van der Waals surface area contributed by atoms with Crippen LogP contribution in [0.1, 0.15) is 54.4 Å². The van der Waals surface area contributed by atoms with Gasteiger partial charge in [0.05, 0.1) is 6.04 Å². The highest BCUT2D eigenvalue weighted by molar-refractivity contribution is 5.81. The number of carbonyl (C=O) groups excluding carboxylic acids is 1. The van der Waals surface area contributed by atoms with E-state index < -0.39 is 0 Å². The van der Waals surface area contributed by atoms with Crippen LogP contribution >= 0.6 is 0 Å². The summed E-state index contributed by atoms with van der Waals surface area (Å²) in [6.45, 7) is 13.3. The molecule has 0 radical (unpaired) electrons. The Labute approximate surface area is 100 Å². The molecule has 1 unspecified atom stereocenters. The van der Waals surface area contributed by atoms with E-state index in [0.29, 0.717) is 5.92 Å². The second kappa shape index (κ2) is 6.89. The summed E-state index contributed by atoms with van der Waals surface area (Å²) in [4.78, 5) is 11.8. The molecule has 0 fully saturated rings. The quantitative estimate of drug-likeness (QED) is 0.702. The van der Waals surface area contributed by atoms with E-state index in [-0.39, 0.29) is 17.5 Å². The smallest absolute Gasteiger partial charge is 0.236 e. The van der Waals surface area contributed by atoms with Crippen molar-refractivity contribution >= 4 is 5.91 Å². The van der Waals surface area contributed by atoms with E-state index in [2.05, 4.69) is 45.3 Å². The topological polar surface area (TPSA) is 41.1 Å². The highest BCUT2D eigenvalue weighted by Crippen LogP contribution is 2.14. The molecular weight excluding hydrogens is 200 g/mol. The van der Waals surface area contributed by atoms with Crippen LogP contribution in [0.5, 0.6) is 0 Å². The maximum atomic E-state index is 11.8. The van der Waals surface area contributed by atoms with Crippen molar-refractivity contribution in [3.05, 3.63) is 0 Å². The van der Waals surface area contributed by atoms with Crippen molar-refractivity contribution in [1.29, 1.82) is 0 Å². The molecule has 0 bridgehead atoms. The number of nitrogens with one attached hydrogen (secondary N) is 2. The monoisotopic (exact) mass is 228 g/mol. The van der Waals surface area contributed by atoms with Gasteiger partial charge in [0, 0.05) is 12.1 Å². The maximum absolute atomic E-state index is 11.8. The molecule has 0 saturated carbocycles. The molecule has 0 aromatic heterocycles. The molecule has 0 aliphatic rings. The second-order valence-electron chi connectivity index (χ2n) is 5.27. The van der Waals surface area contributed by atoms with Crippen LogP contribution in [0.25, 0.3) is 0 Å². The molecule has 3 nitrogen and oxygen atoms in total. The lowest BCUT2D eigenvalue weighted by atomic mass is 9.94. The van der Waals surface area contributed by atoms with Crippen molar-refractivity contribution in [1.82, 2.24) is 10.6 Å². The molecule has 1 atom stereocenters. The lowest BCUT2D eigenvalue weighted by Crippen LogP contribution is -2.52. The van der Waals surface area contributed by atoms with E-state index in [1.807, 2.05) is 6.92 Å². The van der Waals surface area contributed by atoms with Gasteiger partial charge in [0.2, 0.25) is 5.91 Å². The van der Waals surface area contributed by atoms with Crippen LogP contribution in [-0.2, 0) is 4.79 Å². The third-order valence-corrected chi connectivity index (χ3v) is 3.20. The van der Waals surface area contributed by atoms with Crippen molar-refractivity contribution in [3.63, 3.8) is 0 Å². The van der Waals surface area contributed by atoms with Crippen LogP contribution in [0.15, 0.2) is 0 Å². The van der Waals surface area contributed by atoms with Gasteiger partial charge in [0.25, 0.3) is 0 Å². The molecule has 0 spiro atoms. The maximum Gasteiger partial charge on any atom is 0.236 e. The molecule has 0 aromatic carbocycles. The SMILES string of the molecule is CCC(C)(CC)NC(C)C(=O)NCC(C)C. The van der Waals surface area contributed by atoms with Gasteiger partial charge in [-0.25, -0.2) is 0 Å². The van der Waals surface area contributed by atoms with Crippen LogP contribution in [0.3, 0.4) is 0 Å². The van der Waals surface area contributed by atoms with Gasteiger partial charge in [-0.2, -0.15) is 0 Å². The number of hydrogen-bond acceptors (Lipinski definition) is 2. The fourth-order valence-corrected chi connectivity index (χ4v) is 1.50. The summed E-state index contributed by atoms with van der Waals surface area (Å²) in [5.74, 6) is 0.599. The van der Waals surface area contributed by atoms with Crippen LogP contribution in [-0.4, -0.2) is 24.0 Å². The minimum absolute atomic E-state index is 0.0641. The molecule has 0 heterocycles. The van der Waals surface area contributed by atoms with E-state index in [4.69, 9.17) is 0 Å². The van der Waals surface area contributed by atoms with Gasteiger partial charge in [-0.05, 0) is 32.6 Å². The molecule has 16 heavy (non-hydrogen) atoms. The lowest BCUT2D eigenvalue weighted by molar-refractivity contribution is -0.123. The first-order valence-corrected chi connectivity index (χ1v) is 6.40. The highest BCUT2D eigenvalue weighted by atomic mass is 16.2. The fourth-order valence-electron chi connectivity index (χ4n) is 1.50. The summed E-state index contributed by atoms with van der Waals surface area (Å²) < 4.78 is 0. The zero-order valence-electron chi connectivity index (χ0n) is 11.7. The van der Waals surface area contributed by atoms with Gasteiger partial charge in [-0.1, -0.05) is 27.7 Å².